The number of hydrogen-bond acceptors (Lipinski definition) is 35. The van der Waals surface area contributed by atoms with Crippen LogP contribution in [0.5, 0.6) is 11.5 Å². The van der Waals surface area contributed by atoms with Crippen molar-refractivity contribution in [2.45, 2.75) is 34.3 Å². The van der Waals surface area contributed by atoms with Gasteiger partial charge in [-0.25, -0.2) is 12.6 Å². The molecule has 0 atom stereocenters. The number of aromatic nitrogens is 6. The molecule has 544 valence electrons. The first-order chi connectivity index (χ1) is 48.3. The summed E-state index contributed by atoms with van der Waals surface area (Å²) in [7, 11) is -40.7. The van der Waals surface area contributed by atoms with Gasteiger partial charge < -0.3 is 31.5 Å². The van der Waals surface area contributed by atoms with E-state index in [4.69, 9.17) is 27.8 Å². The van der Waals surface area contributed by atoms with Gasteiger partial charge in [-0.1, -0.05) is 24.3 Å². The van der Waals surface area contributed by atoms with Crippen molar-refractivity contribution < 1.29 is 114 Å². The SMILES string of the molecule is O=S(=O)(O)OCCS(=O)(=O)c1ccc(N=Nc2ccc(Nc3nc(Cl)nc(Nc4cc(S(=O)(=O)O)cc5cc(S(=O)(=O)O)c(N=Nc6ccccc6S(=O)(=O)O)c(O)c45)n3)cc2Nc2nc(Cl)nc(Nc3cc(S(=O)(=O)O)cc4cc(S(=O)(=O)O)c(N=Nc5ccccc5S(=O)(=O)O)c(O)c34)n2)cc1. The van der Waals surface area contributed by atoms with Crippen molar-refractivity contribution in [1.82, 2.24) is 29.9 Å². The van der Waals surface area contributed by atoms with Crippen molar-refractivity contribution in [3.05, 3.63) is 138 Å². The monoisotopic (exact) mass is 1630 g/mol. The Bertz CT molecular complexity index is 6340. The smallest absolute Gasteiger partial charge is 0.397 e. The molecule has 0 unspecified atom stereocenters. The summed E-state index contributed by atoms with van der Waals surface area (Å²) in [6.07, 6.45) is 0. The second kappa shape index (κ2) is 28.8. The topological polar surface area (TPSA) is 664 Å². The normalized spacial score (nSPS) is 13.0. The number of nitrogens with zero attached hydrogens (tertiary/aromatic N) is 12. The quantitative estimate of drug-likeness (QED) is 0.0187. The Morgan fingerprint density at radius 1 is 0.375 bits per heavy atom. The fraction of sp³-hybridized carbons (Fsp3) is 0.0385. The van der Waals surface area contributed by atoms with Gasteiger partial charge in [-0.05, 0) is 137 Å². The number of nitrogens with one attached hydrogen (secondary N) is 4. The van der Waals surface area contributed by atoms with Gasteiger partial charge in [0.25, 0.3) is 60.7 Å². The van der Waals surface area contributed by atoms with Crippen molar-refractivity contribution in [3.63, 3.8) is 0 Å². The highest BCUT2D eigenvalue weighted by molar-refractivity contribution is 7.91. The number of rotatable bonds is 25. The van der Waals surface area contributed by atoms with Crippen LogP contribution in [0.15, 0.2) is 192 Å². The summed E-state index contributed by atoms with van der Waals surface area (Å²) < 4.78 is 272. The van der Waals surface area contributed by atoms with Gasteiger partial charge in [-0.15, -0.1) is 25.6 Å². The Morgan fingerprint density at radius 3 is 1.17 bits per heavy atom. The number of benzene rings is 8. The molecule has 0 spiro atoms. The lowest BCUT2D eigenvalue weighted by molar-refractivity contribution is 0.283. The van der Waals surface area contributed by atoms with Crippen molar-refractivity contribution in [2.24, 2.45) is 30.7 Å². The summed E-state index contributed by atoms with van der Waals surface area (Å²) in [4.78, 5) is 18.0. The van der Waals surface area contributed by atoms with Gasteiger partial charge in [-0.3, -0.25) is 31.9 Å². The first-order valence-corrected chi connectivity index (χ1v) is 39.7. The van der Waals surface area contributed by atoms with Gasteiger partial charge in [0.2, 0.25) is 34.4 Å². The van der Waals surface area contributed by atoms with Gasteiger partial charge in [-0.2, -0.15) is 93.9 Å². The second-order valence-electron chi connectivity index (χ2n) is 20.5. The van der Waals surface area contributed by atoms with E-state index in [-0.39, 0.29) is 27.6 Å². The number of fused-ring (bicyclic) bond motifs is 2. The van der Waals surface area contributed by atoms with E-state index in [1.54, 1.807) is 0 Å². The molecule has 10 aromatic rings. The summed E-state index contributed by atoms with van der Waals surface area (Å²) >= 11 is 12.8. The molecule has 0 amide bonds. The van der Waals surface area contributed by atoms with Crippen LogP contribution in [0, 0.1) is 0 Å². The highest BCUT2D eigenvalue weighted by Crippen LogP contribution is 2.48. The van der Waals surface area contributed by atoms with E-state index >= 15 is 0 Å². The van der Waals surface area contributed by atoms with E-state index in [2.05, 4.69) is 86.0 Å². The number of halogens is 2. The molecule has 2 aromatic heterocycles. The summed E-state index contributed by atoms with van der Waals surface area (Å²) in [6.45, 7) is -0.952. The summed E-state index contributed by atoms with van der Waals surface area (Å²) in [6, 6.07) is 20.6. The average molecular weight is 1630 g/mol. The fourth-order valence-electron chi connectivity index (χ4n) is 9.14. The third-order valence-electron chi connectivity index (χ3n) is 13.5. The van der Waals surface area contributed by atoms with Crippen LogP contribution in [0.3, 0.4) is 0 Å². The lowest BCUT2D eigenvalue weighted by atomic mass is 10.1. The predicted molar refractivity (Wildman–Crippen MR) is 361 cm³/mol. The molecule has 0 aliphatic carbocycles. The molecule has 8 aromatic carbocycles. The van der Waals surface area contributed by atoms with Gasteiger partial charge >= 0.3 is 10.4 Å². The first kappa shape index (κ1) is 76.4. The molecule has 0 saturated carbocycles. The fourth-order valence-corrected chi connectivity index (χ4v) is 14.6. The number of aromatic hydroxyl groups is 2. The van der Waals surface area contributed by atoms with Crippen molar-refractivity contribution in [3.8, 4) is 11.5 Å². The molecule has 13 N–H and O–H groups in total. The Hall–Kier alpha value is -10.2. The van der Waals surface area contributed by atoms with E-state index in [1.165, 1.54) is 54.6 Å². The molecule has 0 aliphatic heterocycles. The van der Waals surface area contributed by atoms with Crippen molar-refractivity contribution in [2.75, 3.05) is 33.6 Å². The van der Waals surface area contributed by atoms with Crippen LogP contribution >= 0.6 is 23.2 Å². The third-order valence-corrected chi connectivity index (χ3v) is 21.2. The molecule has 0 aliphatic rings. The average Bonchev–Trinajstić information content (AvgIpc) is 0.750. The minimum atomic E-state index is -5.49. The zero-order chi connectivity index (χ0) is 76.0. The lowest BCUT2D eigenvalue weighted by Gasteiger charge is -2.16. The van der Waals surface area contributed by atoms with Gasteiger partial charge in [0, 0.05) is 16.5 Å². The largest absolute Gasteiger partial charge is 0.505 e. The minimum Gasteiger partial charge on any atom is -0.505 e. The third kappa shape index (κ3) is 18.2. The number of hydrogen-bond donors (Lipinski definition) is 13. The van der Waals surface area contributed by atoms with Crippen LogP contribution in [0.25, 0.3) is 21.5 Å². The van der Waals surface area contributed by atoms with Gasteiger partial charge in [0.15, 0.2) is 21.3 Å². The van der Waals surface area contributed by atoms with E-state index in [9.17, 15) is 105 Å². The molecule has 2 heterocycles. The molecule has 0 fully saturated rings. The molecule has 0 radical (unpaired) electrons. The van der Waals surface area contributed by atoms with Crippen molar-refractivity contribution in [1.29, 1.82) is 0 Å². The maximum Gasteiger partial charge on any atom is 0.397 e. The zero-order valence-electron chi connectivity index (χ0n) is 50.4. The maximum atomic E-state index is 12.9. The van der Waals surface area contributed by atoms with Crippen LogP contribution in [-0.4, -0.2) is 152 Å². The van der Waals surface area contributed by atoms with Crippen LogP contribution in [0.4, 0.5) is 80.7 Å². The Morgan fingerprint density at radius 2 is 0.769 bits per heavy atom. The number of phenolic OH excluding ortho intramolecular Hbond substituents is 2. The highest BCUT2D eigenvalue weighted by Gasteiger charge is 2.30. The van der Waals surface area contributed by atoms with Crippen LogP contribution in [0.1, 0.15) is 0 Å². The molecule has 0 bridgehead atoms. The van der Waals surface area contributed by atoms with Crippen LogP contribution < -0.4 is 21.3 Å². The first-order valence-electron chi connectivity index (χ1n) is 27.2. The van der Waals surface area contributed by atoms with E-state index < -0.39 is 224 Å². The standard InChI is InChI=1S/C52H38Cl2N16O26S8/c53-47-59-49(63-51(61-47)57-35-22-29(98(75,76)77)17-24-19-39(102(87,88)89)43(45(71)41(24)35)69-67-32-5-1-3-7-37(32)100(81,82)83)55-27-11-14-31(66-65-26-9-12-28(13-10-26)97(73,74)16-15-96-104(93,94)95)34(21-27)56-50-60-48(54)62-52(64-50)58-36-23-30(99(78,79)80)18-25-20-40(103(90,91)92)44(46(72)42(25)36)70-68-33-6-2-4-8-38(33)101(84,85)86/h1-14,17-23,71-72H,15-16H2,(H,75,76,77)(H,78,79,80)(H,81,82,83)(H,84,85,86)(H,87,88,89)(H,90,91,92)(H,93,94,95)(H2,55,57,59,61,63)(H2,56,58,60,62,64). The van der Waals surface area contributed by atoms with E-state index in [0.717, 1.165) is 36.4 Å². The Labute approximate surface area is 593 Å². The zero-order valence-corrected chi connectivity index (χ0v) is 58.4. The van der Waals surface area contributed by atoms with Crippen molar-refractivity contribution >= 4 is 206 Å². The molecular formula is C52H38Cl2N16O26S8. The molecule has 42 nitrogen and oxygen atoms in total. The predicted octanol–water partition coefficient (Wildman–Crippen LogP) is 9.37. The van der Waals surface area contributed by atoms with Crippen LogP contribution in [0.2, 0.25) is 10.6 Å². The summed E-state index contributed by atoms with van der Waals surface area (Å²) in [5.74, 6) is -5.72. The highest BCUT2D eigenvalue weighted by atomic mass is 35.5. The molecule has 0 saturated heterocycles. The number of azo groups is 3. The maximum absolute atomic E-state index is 12.9. The van der Waals surface area contributed by atoms with E-state index in [1.807, 2.05) is 0 Å². The Kier molecular flexibility index (Phi) is 21.1. The molecule has 104 heavy (non-hydrogen) atoms. The summed E-state index contributed by atoms with van der Waals surface area (Å²) in [5.41, 5.74) is -5.14. The number of phenols is 2. The lowest BCUT2D eigenvalue weighted by Crippen LogP contribution is -2.15. The van der Waals surface area contributed by atoms with Gasteiger partial charge in [0.1, 0.15) is 48.0 Å². The molecular weight excluding hydrogens is 1590 g/mol. The number of anilines is 8. The second-order valence-corrected chi connectivity index (χ2v) is 32.7. The number of sulfone groups is 1. The van der Waals surface area contributed by atoms with Gasteiger partial charge in [0.05, 0.1) is 49.8 Å². The Balaban J connectivity index is 1.06. The summed E-state index contributed by atoms with van der Waals surface area (Å²) in [5, 5.41) is 53.6. The van der Waals surface area contributed by atoms with Crippen LogP contribution in [-0.2, 0) is 85.1 Å². The molecule has 10 rings (SSSR count). The molecule has 52 heteroatoms. The van der Waals surface area contributed by atoms with E-state index in [0.29, 0.717) is 36.4 Å². The minimum absolute atomic E-state index is 0.0381.